The van der Waals surface area contributed by atoms with E-state index in [0.717, 1.165) is 28.8 Å². The number of halogens is 1. The Bertz CT molecular complexity index is 955. The Morgan fingerprint density at radius 3 is 2.61 bits per heavy atom. The molecule has 1 amide bonds. The molecule has 1 aliphatic rings. The van der Waals surface area contributed by atoms with Gasteiger partial charge in [0, 0.05) is 28.9 Å². The van der Waals surface area contributed by atoms with Crippen molar-refractivity contribution in [2.75, 3.05) is 29.1 Å². The first-order chi connectivity index (χ1) is 13.7. The van der Waals surface area contributed by atoms with Crippen LogP contribution < -0.4 is 10.2 Å². The van der Waals surface area contributed by atoms with Crippen molar-refractivity contribution < 1.29 is 9.21 Å². The summed E-state index contributed by atoms with van der Waals surface area (Å²) in [6.07, 6.45) is 2.49. The van der Waals surface area contributed by atoms with E-state index >= 15 is 0 Å². The van der Waals surface area contributed by atoms with E-state index in [1.165, 1.54) is 30.3 Å². The summed E-state index contributed by atoms with van der Waals surface area (Å²) in [6.45, 7) is 2.21. The van der Waals surface area contributed by atoms with Gasteiger partial charge in [-0.2, -0.15) is 0 Å². The van der Waals surface area contributed by atoms with Gasteiger partial charge in [0.15, 0.2) is 0 Å². The maximum atomic E-state index is 12.2. The van der Waals surface area contributed by atoms with Crippen LogP contribution in [0.25, 0.3) is 11.5 Å². The lowest BCUT2D eigenvalue weighted by Gasteiger charge is -2.17. The monoisotopic (exact) mass is 458 g/mol. The Labute approximate surface area is 175 Å². The first-order valence-corrected chi connectivity index (χ1v) is 10.8. The Morgan fingerprint density at radius 1 is 1.11 bits per heavy atom. The molecule has 1 saturated heterocycles. The largest absolute Gasteiger partial charge is 0.411 e. The second kappa shape index (κ2) is 8.79. The van der Waals surface area contributed by atoms with Crippen molar-refractivity contribution in [3.05, 3.63) is 53.0 Å². The third-order valence-electron chi connectivity index (χ3n) is 4.46. The quantitative estimate of drug-likeness (QED) is 0.533. The summed E-state index contributed by atoms with van der Waals surface area (Å²) in [5.74, 6) is 0.512. The van der Waals surface area contributed by atoms with E-state index < -0.39 is 0 Å². The Kier molecular flexibility index (Phi) is 5.97. The minimum Gasteiger partial charge on any atom is -0.411 e. The molecule has 0 aliphatic carbocycles. The molecule has 28 heavy (non-hydrogen) atoms. The van der Waals surface area contributed by atoms with Crippen LogP contribution in [0.15, 0.2) is 62.6 Å². The van der Waals surface area contributed by atoms with Crippen molar-refractivity contribution in [1.82, 2.24) is 10.2 Å². The van der Waals surface area contributed by atoms with Crippen LogP contribution in [0, 0.1) is 0 Å². The van der Waals surface area contributed by atoms with E-state index in [1.54, 1.807) is 0 Å². The summed E-state index contributed by atoms with van der Waals surface area (Å²) < 4.78 is 6.53. The molecule has 1 N–H and O–H groups in total. The van der Waals surface area contributed by atoms with Gasteiger partial charge >= 0.3 is 0 Å². The van der Waals surface area contributed by atoms with E-state index in [1.807, 2.05) is 36.4 Å². The molecule has 6 nitrogen and oxygen atoms in total. The van der Waals surface area contributed by atoms with E-state index in [4.69, 9.17) is 4.42 Å². The highest BCUT2D eigenvalue weighted by Gasteiger charge is 2.14. The molecule has 1 fully saturated rings. The molecule has 1 aliphatic heterocycles. The molecule has 0 atom stereocenters. The zero-order chi connectivity index (χ0) is 19.3. The molecular formula is C20H19BrN4O2S. The number of anilines is 2. The molecule has 0 bridgehead atoms. The number of thioether (sulfide) groups is 1. The van der Waals surface area contributed by atoms with Gasteiger partial charge in [-0.1, -0.05) is 23.9 Å². The molecule has 0 spiro atoms. The van der Waals surface area contributed by atoms with Crippen LogP contribution in [0.2, 0.25) is 0 Å². The van der Waals surface area contributed by atoms with Crippen LogP contribution in [0.3, 0.4) is 0 Å². The van der Waals surface area contributed by atoms with E-state index in [9.17, 15) is 4.79 Å². The smallest absolute Gasteiger partial charge is 0.277 e. The van der Waals surface area contributed by atoms with Crippen LogP contribution in [0.5, 0.6) is 0 Å². The highest BCUT2D eigenvalue weighted by molar-refractivity contribution is 9.10. The first-order valence-electron chi connectivity index (χ1n) is 9.05. The lowest BCUT2D eigenvalue weighted by Crippen LogP contribution is -2.18. The number of amides is 1. The van der Waals surface area contributed by atoms with Crippen LogP contribution >= 0.6 is 27.7 Å². The summed E-state index contributed by atoms with van der Waals surface area (Å²) in [6, 6.07) is 15.6. The van der Waals surface area contributed by atoms with Gasteiger partial charge in [-0.05, 0) is 65.2 Å². The Hall–Kier alpha value is -2.32. The van der Waals surface area contributed by atoms with Gasteiger partial charge in [0.25, 0.3) is 5.22 Å². The number of nitrogens with zero attached hydrogens (tertiary/aromatic N) is 3. The molecule has 8 heteroatoms. The Balaban J connectivity index is 1.30. The van der Waals surface area contributed by atoms with Crippen LogP contribution in [-0.4, -0.2) is 34.9 Å². The summed E-state index contributed by atoms with van der Waals surface area (Å²) >= 11 is 4.68. The predicted octanol–water partition coefficient (Wildman–Crippen LogP) is 4.83. The normalized spacial score (nSPS) is 13.7. The van der Waals surface area contributed by atoms with Gasteiger partial charge in [-0.15, -0.1) is 10.2 Å². The highest BCUT2D eigenvalue weighted by Crippen LogP contribution is 2.29. The predicted molar refractivity (Wildman–Crippen MR) is 115 cm³/mol. The van der Waals surface area contributed by atoms with Gasteiger partial charge in [0.1, 0.15) is 0 Å². The van der Waals surface area contributed by atoms with Crippen LogP contribution in [0.1, 0.15) is 12.8 Å². The standard InChI is InChI=1S/C20H19BrN4O2S/c21-17-6-2-1-5-16(17)19-23-24-20(27-19)28-13-18(26)22-14-7-9-15(10-8-14)25-11-3-4-12-25/h1-2,5-10H,3-4,11-13H2,(H,22,26). The van der Waals surface area contributed by atoms with Crippen molar-refractivity contribution in [2.24, 2.45) is 0 Å². The fourth-order valence-electron chi connectivity index (χ4n) is 3.07. The van der Waals surface area contributed by atoms with Crippen molar-refractivity contribution in [3.63, 3.8) is 0 Å². The average Bonchev–Trinajstić information content (AvgIpc) is 3.40. The average molecular weight is 459 g/mol. The maximum absolute atomic E-state index is 12.2. The third-order valence-corrected chi connectivity index (χ3v) is 5.97. The van der Waals surface area contributed by atoms with Gasteiger partial charge < -0.3 is 14.6 Å². The SMILES string of the molecule is O=C(CSc1nnc(-c2ccccc2Br)o1)Nc1ccc(N2CCCC2)cc1. The summed E-state index contributed by atoms with van der Waals surface area (Å²) in [4.78, 5) is 14.6. The van der Waals surface area contributed by atoms with E-state index in [-0.39, 0.29) is 11.7 Å². The third kappa shape index (κ3) is 4.56. The number of benzene rings is 2. The van der Waals surface area contributed by atoms with Crippen molar-refractivity contribution >= 4 is 45.0 Å². The molecule has 1 aromatic heterocycles. The fourth-order valence-corrected chi connectivity index (χ4v) is 4.08. The number of hydrogen-bond donors (Lipinski definition) is 1. The number of nitrogens with one attached hydrogen (secondary N) is 1. The van der Waals surface area contributed by atoms with Crippen LogP contribution in [0.4, 0.5) is 11.4 Å². The minimum absolute atomic E-state index is 0.112. The zero-order valence-corrected chi connectivity index (χ0v) is 17.5. The number of carbonyl (C=O) groups excluding carboxylic acids is 1. The Morgan fingerprint density at radius 2 is 1.86 bits per heavy atom. The van der Waals surface area contributed by atoms with E-state index in [2.05, 4.69) is 48.5 Å². The van der Waals surface area contributed by atoms with Crippen molar-refractivity contribution in [1.29, 1.82) is 0 Å². The molecule has 2 aromatic carbocycles. The van der Waals surface area contributed by atoms with Crippen molar-refractivity contribution in [2.45, 2.75) is 18.1 Å². The zero-order valence-electron chi connectivity index (χ0n) is 15.1. The lowest BCUT2D eigenvalue weighted by atomic mass is 10.2. The molecule has 144 valence electrons. The topological polar surface area (TPSA) is 71.3 Å². The fraction of sp³-hybridized carbons (Fsp3) is 0.250. The highest BCUT2D eigenvalue weighted by atomic mass is 79.9. The second-order valence-corrected chi connectivity index (χ2v) is 8.21. The molecule has 0 unspecified atom stereocenters. The molecule has 0 radical (unpaired) electrons. The molecule has 2 heterocycles. The van der Waals surface area contributed by atoms with Gasteiger partial charge in [0.2, 0.25) is 11.8 Å². The number of rotatable bonds is 6. The number of hydrogen-bond acceptors (Lipinski definition) is 6. The molecule has 0 saturated carbocycles. The summed E-state index contributed by atoms with van der Waals surface area (Å²) in [5, 5.41) is 11.3. The van der Waals surface area contributed by atoms with Gasteiger partial charge in [0.05, 0.1) is 11.3 Å². The number of carbonyl (C=O) groups is 1. The number of aromatic nitrogens is 2. The molecule has 4 rings (SSSR count). The summed E-state index contributed by atoms with van der Waals surface area (Å²) in [7, 11) is 0. The summed E-state index contributed by atoms with van der Waals surface area (Å²) in [5.41, 5.74) is 2.81. The lowest BCUT2D eigenvalue weighted by molar-refractivity contribution is -0.113. The second-order valence-electron chi connectivity index (χ2n) is 6.43. The van der Waals surface area contributed by atoms with Gasteiger partial charge in [-0.3, -0.25) is 4.79 Å². The molecular weight excluding hydrogens is 440 g/mol. The van der Waals surface area contributed by atoms with E-state index in [0.29, 0.717) is 11.1 Å². The maximum Gasteiger partial charge on any atom is 0.277 e. The first kappa shape index (κ1) is 19.0. The minimum atomic E-state index is -0.112. The molecule has 3 aromatic rings. The van der Waals surface area contributed by atoms with Gasteiger partial charge in [-0.25, -0.2) is 0 Å². The van der Waals surface area contributed by atoms with Crippen LogP contribution in [-0.2, 0) is 4.79 Å². The van der Waals surface area contributed by atoms with Crippen molar-refractivity contribution in [3.8, 4) is 11.5 Å².